The monoisotopic (exact) mass is 464 g/mol. The minimum atomic E-state index is -0.390. The molecule has 0 amide bonds. The lowest BCUT2D eigenvalue weighted by Gasteiger charge is -2.38. The van der Waals surface area contributed by atoms with E-state index in [1.807, 2.05) is 48.5 Å². The van der Waals surface area contributed by atoms with Crippen LogP contribution in [0.2, 0.25) is 0 Å². The summed E-state index contributed by atoms with van der Waals surface area (Å²) in [6, 6.07) is 19.1. The largest absolute Gasteiger partial charge is 0.459 e. The first-order valence-electron chi connectivity index (χ1n) is 12.5. The highest BCUT2D eigenvalue weighted by atomic mass is 16.7. The molecule has 5 heteroatoms. The fraction of sp³-hybridized carbons (Fsp3) is 0.552. The number of hydrogen-bond donors (Lipinski definition) is 0. The zero-order chi connectivity index (χ0) is 23.8. The second-order valence-electron chi connectivity index (χ2n) is 10.9. The Balaban J connectivity index is 1.21. The minimum absolute atomic E-state index is 0.129. The Morgan fingerprint density at radius 1 is 1.03 bits per heavy atom. The lowest BCUT2D eigenvalue weighted by Crippen LogP contribution is -2.39. The van der Waals surface area contributed by atoms with Gasteiger partial charge in [-0.1, -0.05) is 69.3 Å². The van der Waals surface area contributed by atoms with Crippen molar-refractivity contribution >= 4 is 5.97 Å². The predicted octanol–water partition coefficient (Wildman–Crippen LogP) is 5.63. The summed E-state index contributed by atoms with van der Waals surface area (Å²) >= 11 is 0. The van der Waals surface area contributed by atoms with Crippen LogP contribution in [0.25, 0.3) is 0 Å². The normalized spacial score (nSPS) is 31.9. The van der Waals surface area contributed by atoms with Crippen molar-refractivity contribution in [3.8, 4) is 0 Å². The molecule has 0 N–H and O–H groups in total. The molecule has 5 nitrogen and oxygen atoms in total. The molecule has 5 rings (SSSR count). The van der Waals surface area contributed by atoms with E-state index in [1.165, 1.54) is 12.8 Å². The molecule has 0 aromatic heterocycles. The molecule has 2 aromatic rings. The second kappa shape index (κ2) is 9.44. The number of fused-ring (bicyclic) bond motifs is 5. The number of carbonyl (C=O) groups excluding carboxylic acids is 1. The average Bonchev–Trinajstić information content (AvgIpc) is 3.41. The number of benzene rings is 2. The number of esters is 1. The van der Waals surface area contributed by atoms with Crippen molar-refractivity contribution in [1.29, 1.82) is 0 Å². The quantitative estimate of drug-likeness (QED) is 0.450. The molecule has 0 spiro atoms. The first-order valence-corrected chi connectivity index (χ1v) is 12.5. The molecule has 0 radical (unpaired) electrons. The molecule has 2 aliphatic carbocycles. The van der Waals surface area contributed by atoms with E-state index in [0.717, 1.165) is 12.0 Å². The molecule has 34 heavy (non-hydrogen) atoms. The van der Waals surface area contributed by atoms with Gasteiger partial charge in [-0.05, 0) is 53.2 Å². The third kappa shape index (κ3) is 4.30. The van der Waals surface area contributed by atoms with Crippen molar-refractivity contribution in [3.05, 3.63) is 71.8 Å². The van der Waals surface area contributed by atoms with Crippen LogP contribution in [0.3, 0.4) is 0 Å². The maximum absolute atomic E-state index is 12.5. The molecule has 3 fully saturated rings. The maximum Gasteiger partial charge on any atom is 0.338 e. The average molecular weight is 465 g/mol. The van der Waals surface area contributed by atoms with Crippen LogP contribution < -0.4 is 0 Å². The highest BCUT2D eigenvalue weighted by molar-refractivity contribution is 5.89. The van der Waals surface area contributed by atoms with Crippen LogP contribution >= 0.6 is 0 Å². The molecule has 2 saturated carbocycles. The molecule has 0 unspecified atom stereocenters. The molecule has 182 valence electrons. The van der Waals surface area contributed by atoms with E-state index in [1.54, 1.807) is 12.1 Å². The van der Waals surface area contributed by atoms with Gasteiger partial charge in [0.15, 0.2) is 6.29 Å². The Morgan fingerprint density at radius 2 is 1.74 bits per heavy atom. The topological polar surface area (TPSA) is 54.0 Å². The zero-order valence-electron chi connectivity index (χ0n) is 20.4. The first kappa shape index (κ1) is 23.5. The van der Waals surface area contributed by atoms with E-state index < -0.39 is 6.10 Å². The Bertz CT molecular complexity index is 975. The van der Waals surface area contributed by atoms with Gasteiger partial charge in [-0.3, -0.25) is 0 Å². The van der Waals surface area contributed by atoms with Gasteiger partial charge in [0.1, 0.15) is 12.7 Å². The number of rotatable bonds is 9. The highest BCUT2D eigenvalue weighted by Crippen LogP contribution is 2.71. The molecular formula is C29H36O5. The summed E-state index contributed by atoms with van der Waals surface area (Å²) in [4.78, 5) is 12.5. The molecule has 2 aromatic carbocycles. The number of carbonyl (C=O) groups is 1. The van der Waals surface area contributed by atoms with Crippen LogP contribution in [-0.4, -0.2) is 37.7 Å². The summed E-state index contributed by atoms with van der Waals surface area (Å²) in [5, 5.41) is 0. The van der Waals surface area contributed by atoms with Crippen molar-refractivity contribution < 1.29 is 23.7 Å². The lowest BCUT2D eigenvalue weighted by molar-refractivity contribution is -0.201. The minimum Gasteiger partial charge on any atom is -0.459 e. The van der Waals surface area contributed by atoms with Crippen molar-refractivity contribution in [2.75, 3.05) is 13.2 Å². The van der Waals surface area contributed by atoms with Crippen LogP contribution in [0, 0.1) is 22.7 Å². The van der Waals surface area contributed by atoms with Gasteiger partial charge in [-0.25, -0.2) is 4.79 Å². The number of hydrogen-bond acceptors (Lipinski definition) is 5. The molecule has 1 saturated heterocycles. The molecule has 6 atom stereocenters. The van der Waals surface area contributed by atoms with Gasteiger partial charge in [0.2, 0.25) is 0 Å². The zero-order valence-corrected chi connectivity index (χ0v) is 20.4. The molecule has 1 heterocycles. The Kier molecular flexibility index (Phi) is 6.54. The lowest BCUT2D eigenvalue weighted by atomic mass is 9.70. The smallest absolute Gasteiger partial charge is 0.338 e. The molecule has 3 aliphatic rings. The summed E-state index contributed by atoms with van der Waals surface area (Å²) in [5.74, 6) is 0.866. The summed E-state index contributed by atoms with van der Waals surface area (Å²) in [7, 11) is 0. The van der Waals surface area contributed by atoms with Crippen LogP contribution in [0.5, 0.6) is 0 Å². The van der Waals surface area contributed by atoms with Crippen molar-refractivity contribution in [1.82, 2.24) is 0 Å². The summed E-state index contributed by atoms with van der Waals surface area (Å²) in [6.07, 6.45) is 2.96. The van der Waals surface area contributed by atoms with E-state index in [0.29, 0.717) is 36.0 Å². The Hall–Kier alpha value is -2.21. The summed E-state index contributed by atoms with van der Waals surface area (Å²) in [5.41, 5.74) is 2.13. The Morgan fingerprint density at radius 3 is 2.44 bits per heavy atom. The van der Waals surface area contributed by atoms with Crippen LogP contribution in [0.15, 0.2) is 60.7 Å². The fourth-order valence-corrected chi connectivity index (χ4v) is 6.62. The predicted molar refractivity (Wildman–Crippen MR) is 129 cm³/mol. The van der Waals surface area contributed by atoms with Gasteiger partial charge in [0.25, 0.3) is 0 Å². The molecule has 1 aliphatic heterocycles. The first-order chi connectivity index (χ1) is 16.4. The van der Waals surface area contributed by atoms with Crippen molar-refractivity contribution in [2.45, 2.75) is 65.1 Å². The van der Waals surface area contributed by atoms with Crippen LogP contribution in [0.4, 0.5) is 0 Å². The van der Waals surface area contributed by atoms with Crippen molar-refractivity contribution in [3.63, 3.8) is 0 Å². The van der Waals surface area contributed by atoms with Crippen LogP contribution in [0.1, 0.15) is 56.0 Å². The van der Waals surface area contributed by atoms with Gasteiger partial charge in [-0.15, -0.1) is 0 Å². The maximum atomic E-state index is 12.5. The third-order valence-corrected chi connectivity index (χ3v) is 8.84. The SMILES string of the molecule is CC1(C)[C@@H]2CC[C@@]1(C)[C@H]1O[C@H](O[C@@H](COCc3ccccc3)COC(=O)c3ccccc3)C[C@@H]21. The van der Waals surface area contributed by atoms with Gasteiger partial charge >= 0.3 is 5.97 Å². The van der Waals surface area contributed by atoms with Crippen LogP contribution in [-0.2, 0) is 25.6 Å². The van der Waals surface area contributed by atoms with Gasteiger partial charge < -0.3 is 18.9 Å². The Labute approximate surface area is 202 Å². The van der Waals surface area contributed by atoms with E-state index in [-0.39, 0.29) is 30.4 Å². The molecular weight excluding hydrogens is 428 g/mol. The van der Waals surface area contributed by atoms with Gasteiger partial charge in [-0.2, -0.15) is 0 Å². The molecule has 2 bridgehead atoms. The highest BCUT2D eigenvalue weighted by Gasteiger charge is 2.69. The van der Waals surface area contributed by atoms with E-state index in [9.17, 15) is 4.79 Å². The second-order valence-corrected chi connectivity index (χ2v) is 10.9. The van der Waals surface area contributed by atoms with E-state index in [4.69, 9.17) is 18.9 Å². The standard InChI is InChI=1S/C29H36O5/c1-28(2)24-14-15-29(28,3)26-23(24)16-25(34-26)33-22(18-31-17-20-10-6-4-7-11-20)19-32-27(30)21-12-8-5-9-13-21/h4-13,22-26H,14-19H2,1-3H3/t22-,23-,24+,25-,26-,29-/m0/s1. The number of ether oxygens (including phenoxy) is 4. The van der Waals surface area contributed by atoms with Gasteiger partial charge in [0, 0.05) is 6.42 Å². The summed E-state index contributed by atoms with van der Waals surface area (Å²) in [6.45, 7) is 8.15. The van der Waals surface area contributed by atoms with E-state index >= 15 is 0 Å². The van der Waals surface area contributed by atoms with E-state index in [2.05, 4.69) is 20.8 Å². The fourth-order valence-electron chi connectivity index (χ4n) is 6.62. The summed E-state index contributed by atoms with van der Waals surface area (Å²) < 4.78 is 24.5. The van der Waals surface area contributed by atoms with Gasteiger partial charge in [0.05, 0.1) is 24.9 Å². The van der Waals surface area contributed by atoms with Crippen molar-refractivity contribution in [2.24, 2.45) is 22.7 Å². The third-order valence-electron chi connectivity index (χ3n) is 8.84.